The molecule has 2 saturated heterocycles. The molecule has 0 saturated carbocycles. The molecule has 0 spiro atoms. The lowest BCUT2D eigenvalue weighted by Crippen LogP contribution is -2.53. The minimum absolute atomic E-state index is 0.0484. The minimum Gasteiger partial charge on any atom is -0.371 e. The van der Waals surface area contributed by atoms with Crippen LogP contribution in [0.1, 0.15) is 39.5 Å². The van der Waals surface area contributed by atoms with Gasteiger partial charge in [-0.15, -0.1) is 0 Å². The Hall–Kier alpha value is -1.22. The second-order valence-electron chi connectivity index (χ2n) is 8.67. The quantitative estimate of drug-likeness (QED) is 0.680. The molecule has 0 unspecified atom stereocenters. The Morgan fingerprint density at radius 1 is 1.03 bits per heavy atom. The molecule has 3 rings (SSSR count). The summed E-state index contributed by atoms with van der Waals surface area (Å²) in [5.74, 6) is 0. The van der Waals surface area contributed by atoms with Gasteiger partial charge in [-0.25, -0.2) is 17.5 Å². The summed E-state index contributed by atoms with van der Waals surface area (Å²) in [7, 11) is -1.43. The van der Waals surface area contributed by atoms with Crippen LogP contribution >= 0.6 is 23.2 Å². The van der Waals surface area contributed by atoms with Crippen LogP contribution in [0.2, 0.25) is 10.0 Å². The first kappa shape index (κ1) is 24.4. The number of nitrogens with one attached hydrogen (secondary N) is 1. The summed E-state index contributed by atoms with van der Waals surface area (Å²) < 4.78 is 26.2. The second kappa shape index (κ2) is 10.1. The summed E-state index contributed by atoms with van der Waals surface area (Å²) in [5, 5.41) is 3.96. The van der Waals surface area contributed by atoms with Crippen molar-refractivity contribution in [2.45, 2.75) is 56.9 Å². The molecule has 31 heavy (non-hydrogen) atoms. The van der Waals surface area contributed by atoms with Crippen LogP contribution in [0, 0.1) is 0 Å². The van der Waals surface area contributed by atoms with Crippen molar-refractivity contribution in [3.63, 3.8) is 0 Å². The van der Waals surface area contributed by atoms with E-state index in [0.29, 0.717) is 36.0 Å². The Morgan fingerprint density at radius 2 is 1.58 bits per heavy atom. The molecular weight excluding hydrogens is 459 g/mol. The van der Waals surface area contributed by atoms with E-state index >= 15 is 0 Å². The minimum atomic E-state index is -3.23. The summed E-state index contributed by atoms with van der Waals surface area (Å²) in [5.41, 5.74) is 1.00. The predicted octanol–water partition coefficient (Wildman–Crippen LogP) is 3.81. The number of nitrogens with zero attached hydrogens (tertiary/aromatic N) is 3. The van der Waals surface area contributed by atoms with E-state index in [-0.39, 0.29) is 18.1 Å². The molecule has 2 aliphatic heterocycles. The maximum absolute atomic E-state index is 12.8. The van der Waals surface area contributed by atoms with E-state index < -0.39 is 15.3 Å². The van der Waals surface area contributed by atoms with Crippen molar-refractivity contribution < 1.29 is 13.2 Å². The Labute approximate surface area is 195 Å². The molecule has 10 heteroatoms. The highest BCUT2D eigenvalue weighted by Gasteiger charge is 2.33. The molecule has 2 fully saturated rings. The number of sulfonamides is 1. The Bertz CT molecular complexity index is 860. The standard InChI is InChI=1S/C21H32Cl2N4O3S/c1-15(2)31(29,30)27-10-6-19(7-11-27)25(3)21(28)24-18-4-8-26(9-5-18)20-13-16(22)12-17(23)14-20/h12-15,18-19H,4-11H2,1-3H3,(H,24,28). The molecule has 0 aliphatic carbocycles. The Morgan fingerprint density at radius 3 is 2.10 bits per heavy atom. The number of anilines is 1. The van der Waals surface area contributed by atoms with Gasteiger partial charge in [0.15, 0.2) is 0 Å². The first-order valence-electron chi connectivity index (χ1n) is 10.8. The van der Waals surface area contributed by atoms with E-state index in [2.05, 4.69) is 10.2 Å². The van der Waals surface area contributed by atoms with E-state index in [1.807, 2.05) is 12.1 Å². The average Bonchev–Trinajstić information content (AvgIpc) is 2.73. The van der Waals surface area contributed by atoms with Crippen molar-refractivity contribution in [1.82, 2.24) is 14.5 Å². The van der Waals surface area contributed by atoms with Crippen molar-refractivity contribution in [2.24, 2.45) is 0 Å². The highest BCUT2D eigenvalue weighted by molar-refractivity contribution is 7.89. The zero-order valence-corrected chi connectivity index (χ0v) is 20.7. The molecular formula is C21H32Cl2N4O3S. The van der Waals surface area contributed by atoms with Gasteiger partial charge in [-0.1, -0.05) is 23.2 Å². The number of carbonyl (C=O) groups is 1. The van der Waals surface area contributed by atoms with Gasteiger partial charge in [0.05, 0.1) is 5.25 Å². The van der Waals surface area contributed by atoms with E-state index in [1.165, 1.54) is 0 Å². The summed E-state index contributed by atoms with van der Waals surface area (Å²) in [6, 6.07) is 5.61. The van der Waals surface area contributed by atoms with Gasteiger partial charge in [-0.05, 0) is 57.7 Å². The zero-order valence-electron chi connectivity index (χ0n) is 18.4. The predicted molar refractivity (Wildman–Crippen MR) is 127 cm³/mol. The van der Waals surface area contributed by atoms with Gasteiger partial charge in [-0.3, -0.25) is 0 Å². The largest absolute Gasteiger partial charge is 0.371 e. The van der Waals surface area contributed by atoms with Gasteiger partial charge in [0.25, 0.3) is 0 Å². The SMILES string of the molecule is CC(C)S(=O)(=O)N1CCC(N(C)C(=O)NC2CCN(c3cc(Cl)cc(Cl)c3)CC2)CC1. The number of hydrogen-bond donors (Lipinski definition) is 1. The molecule has 1 aromatic rings. The summed E-state index contributed by atoms with van der Waals surface area (Å²) in [6.07, 6.45) is 3.00. The maximum atomic E-state index is 12.8. The molecule has 1 aromatic carbocycles. The molecule has 7 nitrogen and oxygen atoms in total. The summed E-state index contributed by atoms with van der Waals surface area (Å²) in [6.45, 7) is 5.96. The van der Waals surface area contributed by atoms with E-state index in [0.717, 1.165) is 31.6 Å². The van der Waals surface area contributed by atoms with Crippen molar-refractivity contribution in [2.75, 3.05) is 38.1 Å². The molecule has 2 aliphatic rings. The highest BCUT2D eigenvalue weighted by atomic mass is 35.5. The lowest BCUT2D eigenvalue weighted by molar-refractivity contribution is 0.158. The fourth-order valence-corrected chi connectivity index (χ4v) is 6.06. The van der Waals surface area contributed by atoms with Crippen molar-refractivity contribution >= 4 is 44.9 Å². The second-order valence-corrected chi connectivity index (χ2v) is 12.0. The van der Waals surface area contributed by atoms with Crippen LogP contribution < -0.4 is 10.2 Å². The first-order chi connectivity index (χ1) is 14.6. The fourth-order valence-electron chi connectivity index (χ4n) is 4.23. The van der Waals surface area contributed by atoms with Crippen LogP contribution in [-0.2, 0) is 10.0 Å². The van der Waals surface area contributed by atoms with Crippen LogP contribution in [0.25, 0.3) is 0 Å². The van der Waals surface area contributed by atoms with Crippen LogP contribution in [0.5, 0.6) is 0 Å². The maximum Gasteiger partial charge on any atom is 0.317 e. The van der Waals surface area contributed by atoms with Gasteiger partial charge >= 0.3 is 6.03 Å². The van der Waals surface area contributed by atoms with Crippen LogP contribution in [0.4, 0.5) is 10.5 Å². The number of carbonyl (C=O) groups excluding carboxylic acids is 1. The number of rotatable bonds is 5. The first-order valence-corrected chi connectivity index (χ1v) is 13.1. The smallest absolute Gasteiger partial charge is 0.317 e. The lowest BCUT2D eigenvalue weighted by atomic mass is 10.0. The summed E-state index contributed by atoms with van der Waals surface area (Å²) in [4.78, 5) is 16.7. The highest BCUT2D eigenvalue weighted by Crippen LogP contribution is 2.28. The molecule has 1 N–H and O–H groups in total. The van der Waals surface area contributed by atoms with Crippen LogP contribution in [-0.4, -0.2) is 74.2 Å². The van der Waals surface area contributed by atoms with E-state index in [9.17, 15) is 13.2 Å². The van der Waals surface area contributed by atoms with Gasteiger partial charge < -0.3 is 15.1 Å². The number of hydrogen-bond acceptors (Lipinski definition) is 4. The third kappa shape index (κ3) is 5.97. The van der Waals surface area contributed by atoms with Crippen LogP contribution in [0.3, 0.4) is 0 Å². The lowest BCUT2D eigenvalue weighted by Gasteiger charge is -2.38. The zero-order chi connectivity index (χ0) is 22.8. The Balaban J connectivity index is 1.47. The monoisotopic (exact) mass is 490 g/mol. The van der Waals surface area contributed by atoms with Gasteiger partial charge in [0.2, 0.25) is 10.0 Å². The third-order valence-electron chi connectivity index (χ3n) is 6.28. The average molecular weight is 491 g/mol. The van der Waals surface area contributed by atoms with E-state index in [1.54, 1.807) is 36.2 Å². The molecule has 0 aromatic heterocycles. The molecule has 0 radical (unpaired) electrons. The number of halogens is 2. The summed E-state index contributed by atoms with van der Waals surface area (Å²) >= 11 is 12.2. The molecule has 174 valence electrons. The number of piperidine rings is 2. The van der Waals surface area contributed by atoms with Gasteiger partial charge in [0.1, 0.15) is 0 Å². The third-order valence-corrected chi connectivity index (χ3v) is 8.99. The number of benzene rings is 1. The van der Waals surface area contributed by atoms with Crippen LogP contribution in [0.15, 0.2) is 18.2 Å². The molecule has 0 atom stereocenters. The van der Waals surface area contributed by atoms with Gasteiger partial charge in [-0.2, -0.15) is 0 Å². The molecule has 2 heterocycles. The number of amides is 2. The van der Waals surface area contributed by atoms with Crippen molar-refractivity contribution in [3.8, 4) is 0 Å². The topological polar surface area (TPSA) is 73.0 Å². The fraction of sp³-hybridized carbons (Fsp3) is 0.667. The molecule has 0 bridgehead atoms. The number of urea groups is 1. The Kier molecular flexibility index (Phi) is 8.00. The molecule has 2 amide bonds. The normalized spacial score (nSPS) is 19.6. The van der Waals surface area contributed by atoms with Crippen molar-refractivity contribution in [3.05, 3.63) is 28.2 Å². The van der Waals surface area contributed by atoms with E-state index in [4.69, 9.17) is 23.2 Å². The van der Waals surface area contributed by atoms with Gasteiger partial charge in [0, 0.05) is 61.0 Å². The van der Waals surface area contributed by atoms with Crippen molar-refractivity contribution in [1.29, 1.82) is 0 Å².